The summed E-state index contributed by atoms with van der Waals surface area (Å²) >= 11 is 3.91. The van der Waals surface area contributed by atoms with E-state index < -0.39 is 82.3 Å². The van der Waals surface area contributed by atoms with Crippen molar-refractivity contribution in [1.82, 2.24) is 4.90 Å². The van der Waals surface area contributed by atoms with Gasteiger partial charge in [-0.3, -0.25) is 19.3 Å². The van der Waals surface area contributed by atoms with E-state index in [1.54, 1.807) is 7.11 Å². The zero-order valence-electron chi connectivity index (χ0n) is 24.7. The molecule has 0 radical (unpaired) electrons. The molecule has 3 heterocycles. The smallest absolute Gasteiger partial charge is 0.217 e. The molecule has 2 aliphatic carbocycles. The van der Waals surface area contributed by atoms with Crippen LogP contribution >= 0.6 is 12.6 Å². The van der Waals surface area contributed by atoms with Crippen molar-refractivity contribution in [2.45, 2.75) is 74.9 Å². The van der Waals surface area contributed by atoms with Crippen molar-refractivity contribution in [3.63, 3.8) is 0 Å². The maximum Gasteiger partial charge on any atom is 0.217 e. The first kappa shape index (κ1) is 30.6. The van der Waals surface area contributed by atoms with E-state index in [-0.39, 0.29) is 46.6 Å². The quantitative estimate of drug-likeness (QED) is 0.234. The van der Waals surface area contributed by atoms with Crippen LogP contribution in [0.25, 0.3) is 0 Å². The molecule has 0 aromatic heterocycles. The Balaban J connectivity index is 1.29. The molecule has 3 saturated heterocycles. The predicted octanol–water partition coefficient (Wildman–Crippen LogP) is 1.61. The van der Waals surface area contributed by atoms with Gasteiger partial charge in [-0.15, -0.1) is 12.6 Å². The van der Waals surface area contributed by atoms with Gasteiger partial charge in [0.05, 0.1) is 42.6 Å². The Kier molecular flexibility index (Phi) is 7.49. The largest absolute Gasteiger partial charge is 0.507 e. The third-order valence-electron chi connectivity index (χ3n) is 9.58. The van der Waals surface area contributed by atoms with Crippen molar-refractivity contribution in [1.29, 1.82) is 0 Å². The molecular formula is C31H33NO12S. The summed E-state index contributed by atoms with van der Waals surface area (Å²) in [4.78, 5) is 42.3. The maximum absolute atomic E-state index is 13.9. The number of phenols is 2. The minimum absolute atomic E-state index is 0.0132. The predicted molar refractivity (Wildman–Crippen MR) is 156 cm³/mol. The zero-order chi connectivity index (χ0) is 31.9. The first-order valence-electron chi connectivity index (χ1n) is 14.7. The van der Waals surface area contributed by atoms with Crippen molar-refractivity contribution in [3.8, 4) is 17.2 Å². The third-order valence-corrected chi connectivity index (χ3v) is 9.99. The molecule has 3 unspecified atom stereocenters. The summed E-state index contributed by atoms with van der Waals surface area (Å²) in [5.41, 5.74) is -3.13. The molecule has 13 nitrogen and oxygen atoms in total. The molecule has 7 rings (SSSR count). The molecule has 0 bridgehead atoms. The summed E-state index contributed by atoms with van der Waals surface area (Å²) in [7, 11) is 2.90. The van der Waals surface area contributed by atoms with E-state index in [2.05, 4.69) is 17.5 Å². The van der Waals surface area contributed by atoms with Crippen molar-refractivity contribution < 1.29 is 58.1 Å². The van der Waals surface area contributed by atoms with Gasteiger partial charge in [0.1, 0.15) is 29.0 Å². The van der Waals surface area contributed by atoms with E-state index in [4.69, 9.17) is 28.4 Å². The van der Waals surface area contributed by atoms with Crippen LogP contribution in [0.2, 0.25) is 0 Å². The fourth-order valence-electron chi connectivity index (χ4n) is 7.49. The standard InChI is InChI=1S/C31H33NO12S/c1-12-27-15(32-7-8-41-29(40-3)28(32)44-27)9-18(42-12)43-17-11-31(38,30(37)45)10-14-20(17)26(36)22-21(24(14)34)23(33)13-5-4-6-16(39-2)19(13)25(22)35/h4-6,12,15,17-18,27-29,34,36,38H,7-11H2,1-3H3,(H,37,45)/t12-,15-,17?,18-,27+,28+,29?,31?/m0/s1. The maximum atomic E-state index is 13.9. The second kappa shape index (κ2) is 11.0. The van der Waals surface area contributed by atoms with Gasteiger partial charge in [-0.2, -0.15) is 0 Å². The highest BCUT2D eigenvalue weighted by atomic mass is 32.1. The number of methoxy groups -OCH3 is 2. The topological polar surface area (TPSA) is 171 Å². The van der Waals surface area contributed by atoms with Crippen LogP contribution in [0.15, 0.2) is 18.2 Å². The van der Waals surface area contributed by atoms with Crippen LogP contribution < -0.4 is 4.74 Å². The number of ether oxygens (including phenoxy) is 6. The molecular weight excluding hydrogens is 610 g/mol. The number of phenolic OH excluding ortho intramolecular Hbond substituents is 2. The molecule has 3 fully saturated rings. The van der Waals surface area contributed by atoms with E-state index in [1.807, 2.05) is 6.92 Å². The summed E-state index contributed by atoms with van der Waals surface area (Å²) < 4.78 is 35.4. The highest BCUT2D eigenvalue weighted by Crippen LogP contribution is 2.53. The van der Waals surface area contributed by atoms with Crippen LogP contribution in [-0.4, -0.2) is 107 Å². The number of aromatic hydroxyl groups is 2. The van der Waals surface area contributed by atoms with Gasteiger partial charge in [0, 0.05) is 55.6 Å². The lowest BCUT2D eigenvalue weighted by molar-refractivity contribution is -0.256. The van der Waals surface area contributed by atoms with Crippen molar-refractivity contribution in [3.05, 3.63) is 51.6 Å². The minimum Gasteiger partial charge on any atom is -0.507 e. The number of ketones is 2. The van der Waals surface area contributed by atoms with Gasteiger partial charge < -0.3 is 43.7 Å². The number of rotatable bonds is 5. The number of nitrogens with zero attached hydrogens (tertiary/aromatic N) is 1. The molecule has 45 heavy (non-hydrogen) atoms. The number of benzene rings is 2. The van der Waals surface area contributed by atoms with Gasteiger partial charge in [-0.05, 0) is 13.0 Å². The Hall–Kier alpha value is -3.08. The number of morpholine rings is 1. The lowest BCUT2D eigenvalue weighted by Crippen LogP contribution is -2.55. The SMILES string of the molecule is COc1cccc2c1C(=O)c1c(O)c3c(c(O)c1C2=O)CC(O)(C(=O)S)CC3O[C@H]1C[C@H]2[C@H](O[C@@H]3C(OC)OCCN32)[C@H](C)O1. The van der Waals surface area contributed by atoms with E-state index in [0.29, 0.717) is 19.6 Å². The van der Waals surface area contributed by atoms with Crippen LogP contribution in [0.3, 0.4) is 0 Å². The fraction of sp³-hybridized carbons (Fsp3) is 0.516. The highest BCUT2D eigenvalue weighted by molar-refractivity contribution is 7.96. The van der Waals surface area contributed by atoms with Crippen molar-refractivity contribution in [2.75, 3.05) is 27.4 Å². The summed E-state index contributed by atoms with van der Waals surface area (Å²) in [5, 5.41) is 33.8. The van der Waals surface area contributed by atoms with Gasteiger partial charge in [-0.25, -0.2) is 0 Å². The lowest BCUT2D eigenvalue weighted by atomic mass is 9.73. The first-order chi connectivity index (χ1) is 21.5. The van der Waals surface area contributed by atoms with E-state index in [1.165, 1.54) is 25.3 Å². The number of hydrogen-bond donors (Lipinski definition) is 4. The van der Waals surface area contributed by atoms with Gasteiger partial charge >= 0.3 is 0 Å². The molecule has 0 spiro atoms. The van der Waals surface area contributed by atoms with E-state index >= 15 is 0 Å². The highest BCUT2D eigenvalue weighted by Gasteiger charge is 2.55. The Morgan fingerprint density at radius 2 is 1.84 bits per heavy atom. The first-order valence-corrected chi connectivity index (χ1v) is 15.1. The molecule has 240 valence electrons. The normalized spacial score (nSPS) is 33.9. The molecule has 3 N–H and O–H groups in total. The summed E-state index contributed by atoms with van der Waals surface area (Å²) in [6.07, 6.45) is -4.44. The van der Waals surface area contributed by atoms with Crippen LogP contribution in [0.5, 0.6) is 17.2 Å². The summed E-state index contributed by atoms with van der Waals surface area (Å²) in [6.45, 7) is 2.87. The van der Waals surface area contributed by atoms with Gasteiger partial charge in [0.2, 0.25) is 10.9 Å². The summed E-state index contributed by atoms with van der Waals surface area (Å²) in [6, 6.07) is 4.33. The second-order valence-corrected chi connectivity index (χ2v) is 12.4. The number of carbonyl (C=O) groups excluding carboxylic acids is 3. The van der Waals surface area contributed by atoms with E-state index in [9.17, 15) is 29.7 Å². The lowest BCUT2D eigenvalue weighted by Gasteiger charge is -2.43. The number of carbonyl (C=O) groups is 3. The number of hydrogen-bond acceptors (Lipinski definition) is 13. The molecule has 0 amide bonds. The molecule has 0 saturated carbocycles. The van der Waals surface area contributed by atoms with Crippen LogP contribution in [-0.2, 0) is 34.9 Å². The molecule has 14 heteroatoms. The summed E-state index contributed by atoms with van der Waals surface area (Å²) in [5.74, 6) is -2.53. The fourth-order valence-corrected chi connectivity index (χ4v) is 7.66. The zero-order valence-corrected chi connectivity index (χ0v) is 25.6. The van der Waals surface area contributed by atoms with Gasteiger partial charge in [0.25, 0.3) is 0 Å². The second-order valence-electron chi connectivity index (χ2n) is 12.0. The Morgan fingerprint density at radius 3 is 2.56 bits per heavy atom. The molecule has 2 aromatic rings. The van der Waals surface area contributed by atoms with Crippen LogP contribution in [0.1, 0.15) is 68.8 Å². The van der Waals surface area contributed by atoms with Crippen LogP contribution in [0.4, 0.5) is 0 Å². The Morgan fingerprint density at radius 1 is 1.09 bits per heavy atom. The number of aliphatic hydroxyl groups is 1. The Labute approximate surface area is 263 Å². The third kappa shape index (κ3) is 4.53. The molecule has 2 aromatic carbocycles. The average molecular weight is 644 g/mol. The van der Waals surface area contributed by atoms with Crippen molar-refractivity contribution >= 4 is 29.3 Å². The van der Waals surface area contributed by atoms with Crippen LogP contribution in [0, 0.1) is 0 Å². The molecule has 3 aliphatic heterocycles. The monoisotopic (exact) mass is 643 g/mol. The molecule has 8 atom stereocenters. The number of thiol groups is 1. The van der Waals surface area contributed by atoms with Gasteiger partial charge in [0.15, 0.2) is 24.6 Å². The number of fused-ring (bicyclic) bond motifs is 6. The van der Waals surface area contributed by atoms with Crippen molar-refractivity contribution in [2.24, 2.45) is 0 Å². The molecule has 5 aliphatic rings. The van der Waals surface area contributed by atoms with E-state index in [0.717, 1.165) is 0 Å². The van der Waals surface area contributed by atoms with Gasteiger partial charge in [-0.1, -0.05) is 12.1 Å². The Bertz CT molecular complexity index is 1610. The minimum atomic E-state index is -2.12. The average Bonchev–Trinajstić information content (AvgIpc) is 3.40.